The summed E-state index contributed by atoms with van der Waals surface area (Å²) in [5.41, 5.74) is 1.89. The summed E-state index contributed by atoms with van der Waals surface area (Å²) in [5.74, 6) is 1.11. The number of hydrogen-bond donors (Lipinski definition) is 1. The van der Waals surface area contributed by atoms with Gasteiger partial charge in [-0.15, -0.1) is 0 Å². The number of hydrogen-bond acceptors (Lipinski definition) is 7. The molecule has 1 amide bonds. The number of anilines is 1. The van der Waals surface area contributed by atoms with Gasteiger partial charge < -0.3 is 19.5 Å². The molecular formula is C18H19N7O2. The smallest absolute Gasteiger partial charge is 0.245 e. The van der Waals surface area contributed by atoms with Crippen molar-refractivity contribution in [1.29, 1.82) is 0 Å². The van der Waals surface area contributed by atoms with Gasteiger partial charge in [0.1, 0.15) is 18.2 Å². The molecule has 1 unspecified atom stereocenters. The van der Waals surface area contributed by atoms with Gasteiger partial charge in [0.05, 0.1) is 25.7 Å². The van der Waals surface area contributed by atoms with Crippen molar-refractivity contribution >= 4 is 11.7 Å². The number of nitrogens with one attached hydrogen (secondary N) is 1. The maximum absolute atomic E-state index is 12.9. The van der Waals surface area contributed by atoms with E-state index in [0.29, 0.717) is 31.3 Å². The average molecular weight is 365 g/mol. The first-order valence-electron chi connectivity index (χ1n) is 8.53. The molecule has 138 valence electrons. The number of fused-ring (bicyclic) bond motifs is 1. The van der Waals surface area contributed by atoms with Crippen LogP contribution < -0.4 is 15.0 Å². The van der Waals surface area contributed by atoms with Gasteiger partial charge >= 0.3 is 0 Å². The summed E-state index contributed by atoms with van der Waals surface area (Å²) in [6, 6.07) is 5.13. The quantitative estimate of drug-likeness (QED) is 0.719. The van der Waals surface area contributed by atoms with Gasteiger partial charge in [-0.3, -0.25) is 9.78 Å². The van der Waals surface area contributed by atoms with Crippen LogP contribution in [0.3, 0.4) is 0 Å². The highest BCUT2D eigenvalue weighted by molar-refractivity contribution is 5.81. The predicted molar refractivity (Wildman–Crippen MR) is 97.0 cm³/mol. The lowest BCUT2D eigenvalue weighted by Crippen LogP contribution is -2.44. The molecule has 0 fully saturated rings. The third-order valence-corrected chi connectivity index (χ3v) is 4.48. The number of carbonyl (C=O) groups is 1. The molecule has 0 spiro atoms. The molecule has 3 aromatic heterocycles. The van der Waals surface area contributed by atoms with Gasteiger partial charge in [0.25, 0.3) is 0 Å². The van der Waals surface area contributed by atoms with E-state index in [4.69, 9.17) is 4.74 Å². The molecule has 4 heterocycles. The number of carbonyl (C=O) groups excluding carboxylic acids is 1. The Morgan fingerprint density at radius 1 is 1.33 bits per heavy atom. The number of ether oxygens (including phenoxy) is 1. The van der Waals surface area contributed by atoms with Crippen LogP contribution in [0.1, 0.15) is 17.3 Å². The molecule has 0 saturated heterocycles. The molecule has 1 N–H and O–H groups in total. The maximum atomic E-state index is 12.9. The third-order valence-electron chi connectivity index (χ3n) is 4.48. The van der Waals surface area contributed by atoms with Crippen molar-refractivity contribution in [2.75, 3.05) is 18.6 Å². The molecular weight excluding hydrogens is 346 g/mol. The number of nitrogens with zero attached hydrogens (tertiary/aromatic N) is 6. The van der Waals surface area contributed by atoms with E-state index < -0.39 is 6.04 Å². The summed E-state index contributed by atoms with van der Waals surface area (Å²) in [5, 5.41) is 2.98. The second kappa shape index (κ2) is 7.40. The highest BCUT2D eigenvalue weighted by atomic mass is 16.5. The van der Waals surface area contributed by atoms with Crippen LogP contribution in [-0.2, 0) is 17.9 Å². The molecule has 1 atom stereocenters. The van der Waals surface area contributed by atoms with Crippen LogP contribution in [0.5, 0.6) is 5.88 Å². The van der Waals surface area contributed by atoms with E-state index in [0.717, 1.165) is 11.3 Å². The van der Waals surface area contributed by atoms with E-state index in [9.17, 15) is 4.79 Å². The monoisotopic (exact) mass is 365 g/mol. The number of rotatable bonds is 5. The molecule has 0 aliphatic carbocycles. The molecule has 0 aromatic carbocycles. The number of methoxy groups -OCH3 is 1. The fraction of sp³-hybridized carbons (Fsp3) is 0.278. The van der Waals surface area contributed by atoms with E-state index in [1.807, 2.05) is 21.6 Å². The summed E-state index contributed by atoms with van der Waals surface area (Å²) in [6.45, 7) is 1.50. The molecule has 9 heteroatoms. The predicted octanol–water partition coefficient (Wildman–Crippen LogP) is 0.954. The van der Waals surface area contributed by atoms with E-state index in [-0.39, 0.29) is 5.91 Å². The molecule has 1 aliphatic heterocycles. The summed E-state index contributed by atoms with van der Waals surface area (Å²) in [6.07, 6.45) is 8.37. The van der Waals surface area contributed by atoms with Gasteiger partial charge in [-0.1, -0.05) is 6.07 Å². The minimum Gasteiger partial charge on any atom is -0.481 e. The van der Waals surface area contributed by atoms with E-state index in [2.05, 4.69) is 25.3 Å². The third kappa shape index (κ3) is 3.57. The number of amides is 1. The van der Waals surface area contributed by atoms with E-state index >= 15 is 0 Å². The van der Waals surface area contributed by atoms with Crippen LogP contribution >= 0.6 is 0 Å². The van der Waals surface area contributed by atoms with E-state index in [1.165, 1.54) is 6.33 Å². The summed E-state index contributed by atoms with van der Waals surface area (Å²) < 4.78 is 7.09. The lowest BCUT2D eigenvalue weighted by atomic mass is 10.1. The molecule has 3 aromatic rings. The first kappa shape index (κ1) is 17.0. The SMILES string of the molecule is COc1cc(N2Cc3cncn3C(C(=O)NCc3cccnc3)C2)ncn1. The molecule has 0 radical (unpaired) electrons. The zero-order valence-corrected chi connectivity index (χ0v) is 14.8. The zero-order chi connectivity index (χ0) is 18.6. The van der Waals surface area contributed by atoms with Crippen molar-refractivity contribution in [2.24, 2.45) is 0 Å². The topological polar surface area (TPSA) is 98.1 Å². The standard InChI is InChI=1S/C18H19N7O2/c1-27-17-5-16(22-11-23-17)24-9-14-8-20-12-25(14)15(10-24)18(26)21-7-13-3-2-4-19-6-13/h2-6,8,11-12,15H,7,9-10H2,1H3,(H,21,26). The summed E-state index contributed by atoms with van der Waals surface area (Å²) in [7, 11) is 1.56. The Morgan fingerprint density at radius 3 is 3.07 bits per heavy atom. The minimum absolute atomic E-state index is 0.0798. The Kier molecular flexibility index (Phi) is 4.65. The van der Waals surface area contributed by atoms with Crippen molar-refractivity contribution in [3.8, 4) is 5.88 Å². The van der Waals surface area contributed by atoms with Crippen molar-refractivity contribution in [3.63, 3.8) is 0 Å². The largest absolute Gasteiger partial charge is 0.481 e. The molecule has 9 nitrogen and oxygen atoms in total. The number of imidazole rings is 1. The first-order chi connectivity index (χ1) is 13.2. The van der Waals surface area contributed by atoms with Crippen molar-refractivity contribution < 1.29 is 9.53 Å². The van der Waals surface area contributed by atoms with Crippen LogP contribution in [0.25, 0.3) is 0 Å². The van der Waals surface area contributed by atoms with Crippen LogP contribution in [0.2, 0.25) is 0 Å². The number of aromatic nitrogens is 5. The summed E-state index contributed by atoms with van der Waals surface area (Å²) >= 11 is 0. The minimum atomic E-state index is -0.408. The Balaban J connectivity index is 1.53. The Hall–Kier alpha value is -3.49. The summed E-state index contributed by atoms with van der Waals surface area (Å²) in [4.78, 5) is 31.5. The first-order valence-corrected chi connectivity index (χ1v) is 8.53. The highest BCUT2D eigenvalue weighted by Crippen LogP contribution is 2.26. The number of pyridine rings is 1. The molecule has 4 rings (SSSR count). The van der Waals surface area contributed by atoms with Gasteiger partial charge in [-0.2, -0.15) is 0 Å². The second-order valence-corrected chi connectivity index (χ2v) is 6.19. The van der Waals surface area contributed by atoms with Gasteiger partial charge in [-0.25, -0.2) is 15.0 Å². The zero-order valence-electron chi connectivity index (χ0n) is 14.8. The van der Waals surface area contributed by atoms with E-state index in [1.54, 1.807) is 38.1 Å². The van der Waals surface area contributed by atoms with Gasteiger partial charge in [0.15, 0.2) is 0 Å². The van der Waals surface area contributed by atoms with Gasteiger partial charge in [-0.05, 0) is 11.6 Å². The van der Waals surface area contributed by atoms with Crippen molar-refractivity contribution in [1.82, 2.24) is 29.8 Å². The van der Waals surface area contributed by atoms with Gasteiger partial charge in [0, 0.05) is 37.7 Å². The van der Waals surface area contributed by atoms with Crippen molar-refractivity contribution in [2.45, 2.75) is 19.1 Å². The molecule has 0 bridgehead atoms. The van der Waals surface area contributed by atoms with Crippen LogP contribution in [0.15, 0.2) is 49.4 Å². The highest BCUT2D eigenvalue weighted by Gasteiger charge is 2.31. The maximum Gasteiger partial charge on any atom is 0.245 e. The van der Waals surface area contributed by atoms with Crippen LogP contribution in [0.4, 0.5) is 5.82 Å². The van der Waals surface area contributed by atoms with Crippen LogP contribution in [-0.4, -0.2) is 44.1 Å². The van der Waals surface area contributed by atoms with Gasteiger partial charge in [0.2, 0.25) is 11.8 Å². The molecule has 27 heavy (non-hydrogen) atoms. The Morgan fingerprint density at radius 2 is 2.26 bits per heavy atom. The van der Waals surface area contributed by atoms with Crippen molar-refractivity contribution in [3.05, 3.63) is 60.7 Å². The van der Waals surface area contributed by atoms with Crippen LogP contribution in [0, 0.1) is 0 Å². The Labute approximate surface area is 156 Å². The fourth-order valence-corrected chi connectivity index (χ4v) is 3.10. The lowest BCUT2D eigenvalue weighted by Gasteiger charge is -2.34. The normalized spacial score (nSPS) is 15.9. The lowest BCUT2D eigenvalue weighted by molar-refractivity contribution is -0.124. The second-order valence-electron chi connectivity index (χ2n) is 6.19. The molecule has 1 aliphatic rings. The fourth-order valence-electron chi connectivity index (χ4n) is 3.10. The average Bonchev–Trinajstić information content (AvgIpc) is 3.21. The molecule has 0 saturated carbocycles. The Bertz CT molecular complexity index is 928.